The summed E-state index contributed by atoms with van der Waals surface area (Å²) in [5.41, 5.74) is 0.597. The molecule has 0 amide bonds. The first-order valence-electron chi connectivity index (χ1n) is 5.50. The maximum atomic E-state index is 5.39. The Morgan fingerprint density at radius 2 is 2.08 bits per heavy atom. The Hall–Kier alpha value is -0.0800. The molecule has 0 heterocycles. The van der Waals surface area contributed by atoms with Gasteiger partial charge in [0.15, 0.2) is 0 Å². The molecule has 0 saturated heterocycles. The molecule has 13 heavy (non-hydrogen) atoms. The van der Waals surface area contributed by atoms with Gasteiger partial charge in [-0.2, -0.15) is 0 Å². The summed E-state index contributed by atoms with van der Waals surface area (Å²) < 4.78 is 5.39. The monoisotopic (exact) mass is 185 g/mol. The molecule has 0 aromatic heterocycles. The van der Waals surface area contributed by atoms with E-state index in [4.69, 9.17) is 4.74 Å². The second-order valence-corrected chi connectivity index (χ2v) is 4.48. The highest BCUT2D eigenvalue weighted by molar-refractivity contribution is 4.94. The highest BCUT2D eigenvalue weighted by Gasteiger charge is 2.41. The molecule has 0 aromatic rings. The topological polar surface area (TPSA) is 21.3 Å². The molecule has 0 unspecified atom stereocenters. The first-order valence-corrected chi connectivity index (χ1v) is 5.50. The third kappa shape index (κ3) is 4.10. The van der Waals surface area contributed by atoms with E-state index in [1.54, 1.807) is 0 Å². The van der Waals surface area contributed by atoms with Gasteiger partial charge in [-0.25, -0.2) is 0 Å². The zero-order valence-corrected chi connectivity index (χ0v) is 9.23. The van der Waals surface area contributed by atoms with Crippen molar-refractivity contribution < 1.29 is 4.74 Å². The Bertz CT molecular complexity index is 141. The number of nitrogens with one attached hydrogen (secondary N) is 1. The second kappa shape index (κ2) is 4.97. The minimum atomic E-state index is 0.597. The van der Waals surface area contributed by atoms with E-state index in [0.29, 0.717) is 11.5 Å². The van der Waals surface area contributed by atoms with Gasteiger partial charge in [0.25, 0.3) is 0 Å². The molecule has 0 radical (unpaired) electrons. The van der Waals surface area contributed by atoms with E-state index in [0.717, 1.165) is 13.2 Å². The van der Waals surface area contributed by atoms with E-state index in [9.17, 15) is 0 Å². The van der Waals surface area contributed by atoms with E-state index in [1.165, 1.54) is 25.8 Å². The van der Waals surface area contributed by atoms with Gasteiger partial charge in [0.05, 0.1) is 0 Å². The van der Waals surface area contributed by atoms with Crippen molar-refractivity contribution in [3.63, 3.8) is 0 Å². The van der Waals surface area contributed by atoms with Gasteiger partial charge in [0.2, 0.25) is 0 Å². The third-order valence-corrected chi connectivity index (χ3v) is 2.82. The van der Waals surface area contributed by atoms with Gasteiger partial charge in [-0.3, -0.25) is 0 Å². The van der Waals surface area contributed by atoms with Crippen LogP contribution in [0.1, 0.15) is 40.0 Å². The summed E-state index contributed by atoms with van der Waals surface area (Å²) in [5, 5.41) is 3.52. The quantitative estimate of drug-likeness (QED) is 0.614. The van der Waals surface area contributed by atoms with E-state index >= 15 is 0 Å². The van der Waals surface area contributed by atoms with Gasteiger partial charge in [-0.05, 0) is 31.6 Å². The van der Waals surface area contributed by atoms with Crippen molar-refractivity contribution in [1.82, 2.24) is 5.32 Å². The largest absolute Gasteiger partial charge is 0.382 e. The van der Waals surface area contributed by atoms with E-state index in [2.05, 4.69) is 26.1 Å². The molecule has 0 spiro atoms. The summed E-state index contributed by atoms with van der Waals surface area (Å²) >= 11 is 0. The minimum absolute atomic E-state index is 0.597. The van der Waals surface area contributed by atoms with Crippen molar-refractivity contribution >= 4 is 0 Å². The first-order chi connectivity index (χ1) is 6.18. The van der Waals surface area contributed by atoms with Crippen LogP contribution in [-0.2, 0) is 4.74 Å². The number of rotatable bonds is 7. The van der Waals surface area contributed by atoms with Crippen molar-refractivity contribution in [3.8, 4) is 0 Å². The van der Waals surface area contributed by atoms with Crippen LogP contribution >= 0.6 is 0 Å². The molecule has 0 atom stereocenters. The van der Waals surface area contributed by atoms with E-state index < -0.39 is 0 Å². The minimum Gasteiger partial charge on any atom is -0.382 e. The molecular weight excluding hydrogens is 162 g/mol. The third-order valence-electron chi connectivity index (χ3n) is 2.82. The lowest BCUT2D eigenvalue weighted by Gasteiger charge is -2.17. The number of hydrogen-bond donors (Lipinski definition) is 1. The predicted molar refractivity (Wildman–Crippen MR) is 55.9 cm³/mol. The van der Waals surface area contributed by atoms with Crippen molar-refractivity contribution in [2.75, 3.05) is 19.8 Å². The normalized spacial score (nSPS) is 19.4. The van der Waals surface area contributed by atoms with Crippen molar-refractivity contribution in [2.45, 2.75) is 46.1 Å². The van der Waals surface area contributed by atoms with Gasteiger partial charge < -0.3 is 10.1 Å². The fraction of sp³-hybridized carbons (Fsp3) is 1.00. The molecular formula is C11H23NO. The van der Waals surface area contributed by atoms with Gasteiger partial charge >= 0.3 is 0 Å². The van der Waals surface area contributed by atoms with E-state index in [1.807, 2.05) is 0 Å². The van der Waals surface area contributed by atoms with Gasteiger partial charge in [-0.15, -0.1) is 0 Å². The maximum Gasteiger partial charge on any atom is 0.0471 e. The van der Waals surface area contributed by atoms with Crippen LogP contribution in [0.5, 0.6) is 0 Å². The molecule has 78 valence electrons. The van der Waals surface area contributed by atoms with Crippen LogP contribution in [0.25, 0.3) is 0 Å². The fourth-order valence-corrected chi connectivity index (χ4v) is 1.55. The summed E-state index contributed by atoms with van der Waals surface area (Å²) in [6.45, 7) is 9.45. The van der Waals surface area contributed by atoms with E-state index in [-0.39, 0.29) is 0 Å². The highest BCUT2D eigenvalue weighted by atomic mass is 16.5. The zero-order valence-electron chi connectivity index (χ0n) is 9.23. The molecule has 0 aromatic carbocycles. The van der Waals surface area contributed by atoms with Crippen LogP contribution in [0, 0.1) is 5.41 Å². The second-order valence-electron chi connectivity index (χ2n) is 4.48. The lowest BCUT2D eigenvalue weighted by molar-refractivity contribution is 0.127. The number of ether oxygens (including phenoxy) is 1. The zero-order chi connectivity index (χ0) is 9.73. The van der Waals surface area contributed by atoms with Crippen LogP contribution in [-0.4, -0.2) is 25.8 Å². The summed E-state index contributed by atoms with van der Waals surface area (Å²) in [5.74, 6) is 0. The van der Waals surface area contributed by atoms with Crippen molar-refractivity contribution in [2.24, 2.45) is 5.41 Å². The van der Waals surface area contributed by atoms with Gasteiger partial charge in [0.1, 0.15) is 0 Å². The molecule has 1 aliphatic carbocycles. The first kappa shape index (κ1) is 11.0. The smallest absolute Gasteiger partial charge is 0.0471 e. The molecule has 0 bridgehead atoms. The molecule has 1 saturated carbocycles. The van der Waals surface area contributed by atoms with Gasteiger partial charge in [-0.1, -0.05) is 13.8 Å². The summed E-state index contributed by atoms with van der Waals surface area (Å²) in [4.78, 5) is 0. The Labute approximate surface area is 82.0 Å². The molecule has 2 nitrogen and oxygen atoms in total. The molecule has 2 heteroatoms. The van der Waals surface area contributed by atoms with Crippen molar-refractivity contribution in [1.29, 1.82) is 0 Å². The molecule has 1 rings (SSSR count). The Kier molecular flexibility index (Phi) is 4.20. The van der Waals surface area contributed by atoms with Crippen LogP contribution < -0.4 is 5.32 Å². The SMILES string of the molecule is CCOCCC1(CNC(C)C)CC1. The van der Waals surface area contributed by atoms with Crippen LogP contribution in [0.2, 0.25) is 0 Å². The van der Waals surface area contributed by atoms with Gasteiger partial charge in [0, 0.05) is 25.8 Å². The standard InChI is InChI=1S/C11H23NO/c1-4-13-8-7-11(5-6-11)9-12-10(2)3/h10,12H,4-9H2,1-3H3. The van der Waals surface area contributed by atoms with Crippen molar-refractivity contribution in [3.05, 3.63) is 0 Å². The predicted octanol–water partition coefficient (Wildman–Crippen LogP) is 2.19. The Balaban J connectivity index is 2.08. The summed E-state index contributed by atoms with van der Waals surface area (Å²) in [7, 11) is 0. The molecule has 1 N–H and O–H groups in total. The lowest BCUT2D eigenvalue weighted by Crippen LogP contribution is -2.30. The average molecular weight is 185 g/mol. The van der Waals surface area contributed by atoms with Crippen LogP contribution in [0.3, 0.4) is 0 Å². The molecule has 1 aliphatic rings. The maximum absolute atomic E-state index is 5.39. The summed E-state index contributed by atoms with van der Waals surface area (Å²) in [6.07, 6.45) is 4.01. The average Bonchev–Trinajstić information content (AvgIpc) is 2.83. The van der Waals surface area contributed by atoms with Crippen LogP contribution in [0.4, 0.5) is 0 Å². The number of hydrogen-bond acceptors (Lipinski definition) is 2. The fourth-order valence-electron chi connectivity index (χ4n) is 1.55. The molecule has 0 aliphatic heterocycles. The Morgan fingerprint density at radius 1 is 1.38 bits per heavy atom. The Morgan fingerprint density at radius 3 is 2.54 bits per heavy atom. The summed E-state index contributed by atoms with van der Waals surface area (Å²) in [6, 6.07) is 0.615. The molecule has 1 fully saturated rings. The lowest BCUT2D eigenvalue weighted by atomic mass is 10.0. The van der Waals surface area contributed by atoms with Crippen LogP contribution in [0.15, 0.2) is 0 Å². The highest BCUT2D eigenvalue weighted by Crippen LogP contribution is 2.48.